The molecule has 0 heterocycles. The van der Waals surface area contributed by atoms with Crippen LogP contribution in [0.2, 0.25) is 25.7 Å². The largest absolute Gasteiger partial charge is 0.469 e. The fraction of sp³-hybridized carbons (Fsp3) is 0.400. The predicted octanol–water partition coefficient (Wildman–Crippen LogP) is 5.96. The third kappa shape index (κ3) is 6.51. The van der Waals surface area contributed by atoms with Gasteiger partial charge in [-0.1, -0.05) is 73.7 Å². The number of ether oxygens (including phenoxy) is 1. The second-order valence-electron chi connectivity index (χ2n) is 9.00. The Morgan fingerprint density at radius 3 is 2.20 bits per heavy atom. The van der Waals surface area contributed by atoms with Crippen LogP contribution in [-0.2, 0) is 20.3 Å². The van der Waals surface area contributed by atoms with Crippen LogP contribution in [0.1, 0.15) is 23.5 Å². The van der Waals surface area contributed by atoms with Gasteiger partial charge in [0.25, 0.3) is 0 Å². The minimum Gasteiger partial charge on any atom is -0.469 e. The van der Waals surface area contributed by atoms with Crippen molar-refractivity contribution >= 4 is 24.8 Å². The molecule has 2 rings (SSSR count). The number of allylic oxidation sites excluding steroid dienone is 1. The minimum atomic E-state index is -1.61. The van der Waals surface area contributed by atoms with E-state index in [0.29, 0.717) is 6.42 Å². The van der Waals surface area contributed by atoms with Crippen molar-refractivity contribution in [2.45, 2.75) is 55.1 Å². The first kappa shape index (κ1) is 24.3. The molecule has 0 unspecified atom stereocenters. The van der Waals surface area contributed by atoms with Crippen LogP contribution in [0.25, 0.3) is 0 Å². The molecule has 0 aliphatic rings. The van der Waals surface area contributed by atoms with Crippen molar-refractivity contribution in [1.29, 1.82) is 0 Å². The average Bonchev–Trinajstić information content (AvgIpc) is 2.72. The van der Waals surface area contributed by atoms with Crippen molar-refractivity contribution in [2.75, 3.05) is 7.11 Å². The second kappa shape index (κ2) is 10.9. The highest BCUT2D eigenvalue weighted by Gasteiger charge is 2.40. The molecule has 0 aliphatic heterocycles. The number of rotatable bonds is 10. The van der Waals surface area contributed by atoms with Crippen LogP contribution in [0.5, 0.6) is 0 Å². The molecule has 0 aliphatic carbocycles. The van der Waals surface area contributed by atoms with Crippen molar-refractivity contribution in [1.82, 2.24) is 0 Å². The molecule has 162 valence electrons. The van der Waals surface area contributed by atoms with E-state index in [0.717, 1.165) is 22.1 Å². The maximum Gasteiger partial charge on any atom is 0.309 e. The molecule has 0 amide bonds. The summed E-state index contributed by atoms with van der Waals surface area (Å²) in [6.07, 6.45) is 2.25. The van der Waals surface area contributed by atoms with Gasteiger partial charge in [0.2, 0.25) is 0 Å². The van der Waals surface area contributed by atoms with Gasteiger partial charge < -0.3 is 4.74 Å². The molecule has 0 N–H and O–H groups in total. The van der Waals surface area contributed by atoms with Crippen LogP contribution in [0.15, 0.2) is 72.1 Å². The maximum atomic E-state index is 13.9. The normalized spacial score (nSPS) is 15.6. The van der Waals surface area contributed by atoms with Gasteiger partial charge in [0.15, 0.2) is 0 Å². The monoisotopic (exact) mass is 442 g/mol. The van der Waals surface area contributed by atoms with Gasteiger partial charge in [-0.3, -0.25) is 9.00 Å². The molecule has 3 nitrogen and oxygen atoms in total. The molecule has 0 bridgehead atoms. The Hall–Kier alpha value is -1.98. The topological polar surface area (TPSA) is 43.4 Å². The fourth-order valence-electron chi connectivity index (χ4n) is 3.89. The number of benzene rings is 2. The van der Waals surface area contributed by atoms with Gasteiger partial charge in [-0.25, -0.2) is 0 Å². The summed E-state index contributed by atoms with van der Waals surface area (Å²) in [6.45, 7) is 12.7. The number of aryl methyl sites for hydroxylation is 1. The summed E-state index contributed by atoms with van der Waals surface area (Å²) in [4.78, 5) is 13.6. The average molecular weight is 443 g/mol. The summed E-state index contributed by atoms with van der Waals surface area (Å²) in [5.74, 6) is -0.915. The Labute approximate surface area is 185 Å². The van der Waals surface area contributed by atoms with E-state index in [2.05, 4.69) is 26.2 Å². The van der Waals surface area contributed by atoms with Crippen LogP contribution in [0.3, 0.4) is 0 Å². The molecule has 4 atom stereocenters. The first-order valence-electron chi connectivity index (χ1n) is 10.4. The third-order valence-corrected chi connectivity index (χ3v) is 8.99. The molecule has 5 heteroatoms. The lowest BCUT2D eigenvalue weighted by atomic mass is 9.81. The molecular weight excluding hydrogens is 408 g/mol. The maximum absolute atomic E-state index is 13.9. The summed E-state index contributed by atoms with van der Waals surface area (Å²) >= 11 is 0. The van der Waals surface area contributed by atoms with E-state index in [-0.39, 0.29) is 17.1 Å². The Morgan fingerprint density at radius 1 is 1.10 bits per heavy atom. The molecular formula is C25H34O3SSi. The van der Waals surface area contributed by atoms with Crippen molar-refractivity contribution in [3.8, 4) is 0 Å². The number of hydrogen-bond acceptors (Lipinski definition) is 3. The van der Waals surface area contributed by atoms with Gasteiger partial charge in [-0.05, 0) is 37.1 Å². The van der Waals surface area contributed by atoms with Crippen LogP contribution >= 0.6 is 0 Å². The van der Waals surface area contributed by atoms with E-state index < -0.39 is 24.8 Å². The lowest BCUT2D eigenvalue weighted by Crippen LogP contribution is -2.39. The Kier molecular flexibility index (Phi) is 8.80. The highest BCUT2D eigenvalue weighted by Crippen LogP contribution is 2.39. The van der Waals surface area contributed by atoms with E-state index in [1.54, 1.807) is 6.08 Å². The van der Waals surface area contributed by atoms with E-state index >= 15 is 0 Å². The van der Waals surface area contributed by atoms with E-state index in [1.165, 1.54) is 7.11 Å². The Morgan fingerprint density at radius 2 is 1.70 bits per heavy atom. The van der Waals surface area contributed by atoms with Crippen molar-refractivity contribution < 1.29 is 13.7 Å². The van der Waals surface area contributed by atoms with E-state index in [1.807, 2.05) is 61.5 Å². The van der Waals surface area contributed by atoms with Gasteiger partial charge in [0.05, 0.1) is 23.8 Å². The van der Waals surface area contributed by atoms with Gasteiger partial charge in [0, 0.05) is 24.1 Å². The van der Waals surface area contributed by atoms with Crippen LogP contribution < -0.4 is 0 Å². The lowest BCUT2D eigenvalue weighted by molar-refractivity contribution is -0.146. The number of esters is 1. The lowest BCUT2D eigenvalue weighted by Gasteiger charge is -2.35. The zero-order valence-electron chi connectivity index (χ0n) is 18.8. The Balaban J connectivity index is 2.64. The van der Waals surface area contributed by atoms with Crippen molar-refractivity contribution in [3.05, 3.63) is 78.4 Å². The zero-order chi connectivity index (χ0) is 22.3. The summed E-state index contributed by atoms with van der Waals surface area (Å²) in [5.41, 5.74) is 2.16. The first-order valence-corrected chi connectivity index (χ1v) is 15.3. The fourth-order valence-corrected chi connectivity index (χ4v) is 8.82. The van der Waals surface area contributed by atoms with Crippen molar-refractivity contribution in [2.24, 2.45) is 5.92 Å². The van der Waals surface area contributed by atoms with Crippen molar-refractivity contribution in [3.63, 3.8) is 0 Å². The molecule has 0 aromatic heterocycles. The molecule has 2 aromatic carbocycles. The van der Waals surface area contributed by atoms with Gasteiger partial charge in [0.1, 0.15) is 0 Å². The SMILES string of the molecule is C=CC[C@H](C(=O)OC)[C@H](c1ccccc1)[C@H](C[Si](C)(C)C)[S@@](=O)c1ccc(C)cc1. The minimum absolute atomic E-state index is 0.189. The second-order valence-corrected chi connectivity index (χ2v) is 16.2. The smallest absolute Gasteiger partial charge is 0.309 e. The standard InChI is InChI=1S/C25H34O3SSi/c1-7-11-22(25(26)28-3)24(20-12-9-8-10-13-20)23(18-30(4,5)6)29(27)21-16-14-19(2)15-17-21/h7-10,12-17,22-24H,1,11,18H2,2-6H3/t22-,23-,24-,29-/m0/s1. The quantitative estimate of drug-likeness (QED) is 0.259. The summed E-state index contributed by atoms with van der Waals surface area (Å²) in [5, 5.41) is -0.189. The van der Waals surface area contributed by atoms with E-state index in [9.17, 15) is 9.00 Å². The number of carbonyl (C=O) groups excluding carboxylic acids is 1. The number of hydrogen-bond donors (Lipinski definition) is 0. The summed E-state index contributed by atoms with van der Waals surface area (Å²) in [7, 11) is -1.44. The van der Waals surface area contributed by atoms with Gasteiger partial charge >= 0.3 is 5.97 Å². The van der Waals surface area contributed by atoms with E-state index in [4.69, 9.17) is 4.74 Å². The van der Waals surface area contributed by atoms with Crippen LogP contribution in [0.4, 0.5) is 0 Å². The Bertz CT molecular complexity index is 856. The molecule has 30 heavy (non-hydrogen) atoms. The third-order valence-electron chi connectivity index (χ3n) is 5.28. The van der Waals surface area contributed by atoms with Gasteiger partial charge in [-0.15, -0.1) is 6.58 Å². The molecule has 0 saturated heterocycles. The molecule has 0 fully saturated rings. The number of methoxy groups -OCH3 is 1. The molecule has 2 aromatic rings. The highest BCUT2D eigenvalue weighted by atomic mass is 32.2. The zero-order valence-corrected chi connectivity index (χ0v) is 20.6. The van der Waals surface area contributed by atoms with Crippen LogP contribution in [0, 0.1) is 12.8 Å². The predicted molar refractivity (Wildman–Crippen MR) is 129 cm³/mol. The van der Waals surface area contributed by atoms with Crippen LogP contribution in [-0.4, -0.2) is 30.6 Å². The molecule has 0 spiro atoms. The molecule has 0 radical (unpaired) electrons. The highest BCUT2D eigenvalue weighted by molar-refractivity contribution is 7.85. The molecule has 0 saturated carbocycles. The number of carbonyl (C=O) groups is 1. The summed E-state index contributed by atoms with van der Waals surface area (Å²) < 4.78 is 19.1. The summed E-state index contributed by atoms with van der Waals surface area (Å²) in [6, 6.07) is 18.7. The first-order chi connectivity index (χ1) is 14.2. The van der Waals surface area contributed by atoms with Gasteiger partial charge in [-0.2, -0.15) is 0 Å².